The zero-order valence-corrected chi connectivity index (χ0v) is 15.4. The first-order valence-corrected chi connectivity index (χ1v) is 9.23. The van der Waals surface area contributed by atoms with Crippen molar-refractivity contribution in [3.8, 4) is 0 Å². The zero-order valence-electron chi connectivity index (χ0n) is 15.4. The van der Waals surface area contributed by atoms with Crippen LogP contribution in [0.15, 0.2) is 23.1 Å². The third-order valence-electron chi connectivity index (χ3n) is 5.42. The summed E-state index contributed by atoms with van der Waals surface area (Å²) in [7, 11) is 4.06. The van der Waals surface area contributed by atoms with Gasteiger partial charge in [0.15, 0.2) is 11.5 Å². The van der Waals surface area contributed by atoms with Crippen LogP contribution in [-0.2, 0) is 13.6 Å². The second kappa shape index (κ2) is 7.20. The van der Waals surface area contributed by atoms with Gasteiger partial charge in [-0.2, -0.15) is 0 Å². The van der Waals surface area contributed by atoms with Crippen LogP contribution in [0.3, 0.4) is 0 Å². The van der Waals surface area contributed by atoms with Crippen LogP contribution in [0.5, 0.6) is 0 Å². The van der Waals surface area contributed by atoms with Gasteiger partial charge in [0.05, 0.1) is 18.9 Å². The Morgan fingerprint density at radius 1 is 1.31 bits per heavy atom. The summed E-state index contributed by atoms with van der Waals surface area (Å²) in [6, 6.07) is 1.80. The lowest BCUT2D eigenvalue weighted by Gasteiger charge is -2.19. The van der Waals surface area contributed by atoms with Crippen LogP contribution in [0, 0.1) is 0 Å². The van der Waals surface area contributed by atoms with Gasteiger partial charge < -0.3 is 19.3 Å². The van der Waals surface area contributed by atoms with Gasteiger partial charge in [0.1, 0.15) is 0 Å². The number of aromatic nitrogens is 3. The highest BCUT2D eigenvalue weighted by Gasteiger charge is 2.35. The first-order valence-electron chi connectivity index (χ1n) is 9.23. The van der Waals surface area contributed by atoms with E-state index in [1.54, 1.807) is 12.4 Å². The maximum Gasteiger partial charge on any atom is 0.273 e. The van der Waals surface area contributed by atoms with Gasteiger partial charge in [-0.25, -0.2) is 4.98 Å². The number of imidazole rings is 1. The molecule has 2 aliphatic rings. The highest BCUT2D eigenvalue weighted by molar-refractivity contribution is 5.92. The standard InChI is InChI=1S/C18H26N6O2/c1-22-10-14(17-8-19-12-23(17)2)16(11-22)20-18(25)15-7-13(26-21-15)9-24-5-3-4-6-24/h7-8,12,14,16H,3-6,9-11H2,1-2H3,(H,20,25)/t14-,16-/m1/s1. The van der Waals surface area contributed by atoms with Crippen LogP contribution in [0.1, 0.15) is 40.7 Å². The van der Waals surface area contributed by atoms with Crippen LogP contribution in [0.4, 0.5) is 0 Å². The highest BCUT2D eigenvalue weighted by atomic mass is 16.5. The van der Waals surface area contributed by atoms with Gasteiger partial charge in [-0.05, 0) is 33.0 Å². The van der Waals surface area contributed by atoms with E-state index in [9.17, 15) is 4.79 Å². The molecule has 1 N–H and O–H groups in total. The summed E-state index contributed by atoms with van der Waals surface area (Å²) >= 11 is 0. The molecule has 2 saturated heterocycles. The van der Waals surface area contributed by atoms with E-state index in [0.29, 0.717) is 5.69 Å². The molecule has 2 fully saturated rings. The minimum Gasteiger partial charge on any atom is -0.359 e. The molecule has 8 nitrogen and oxygen atoms in total. The van der Waals surface area contributed by atoms with E-state index in [-0.39, 0.29) is 17.9 Å². The molecule has 8 heteroatoms. The number of hydrogen-bond acceptors (Lipinski definition) is 6. The molecule has 0 saturated carbocycles. The molecule has 140 valence electrons. The predicted octanol–water partition coefficient (Wildman–Crippen LogP) is 0.831. The minimum absolute atomic E-state index is 0.0293. The fourth-order valence-electron chi connectivity index (χ4n) is 4.07. The Kier molecular flexibility index (Phi) is 4.78. The maximum atomic E-state index is 12.7. The molecular formula is C18H26N6O2. The Morgan fingerprint density at radius 3 is 2.85 bits per heavy atom. The van der Waals surface area contributed by atoms with Crippen LogP contribution in [0.25, 0.3) is 0 Å². The third-order valence-corrected chi connectivity index (χ3v) is 5.42. The van der Waals surface area contributed by atoms with Gasteiger partial charge in [0.25, 0.3) is 5.91 Å². The van der Waals surface area contributed by atoms with Crippen LogP contribution < -0.4 is 5.32 Å². The number of nitrogens with one attached hydrogen (secondary N) is 1. The highest BCUT2D eigenvalue weighted by Crippen LogP contribution is 2.26. The van der Waals surface area contributed by atoms with Crippen molar-refractivity contribution < 1.29 is 9.32 Å². The monoisotopic (exact) mass is 358 g/mol. The molecule has 0 spiro atoms. The number of likely N-dealkylation sites (tertiary alicyclic amines) is 2. The summed E-state index contributed by atoms with van der Waals surface area (Å²) in [5, 5.41) is 7.12. The minimum atomic E-state index is -0.172. The lowest BCUT2D eigenvalue weighted by atomic mass is 10.00. The summed E-state index contributed by atoms with van der Waals surface area (Å²) in [5.74, 6) is 0.796. The average Bonchev–Trinajstić information content (AvgIpc) is 3.36. The van der Waals surface area contributed by atoms with Crippen LogP contribution in [0.2, 0.25) is 0 Å². The maximum absolute atomic E-state index is 12.7. The van der Waals surface area contributed by atoms with Gasteiger partial charge in [-0.1, -0.05) is 5.16 Å². The molecule has 4 heterocycles. The number of hydrogen-bond donors (Lipinski definition) is 1. The SMILES string of the molecule is CN1C[C@@H](NC(=O)c2cc(CN3CCCC3)on2)[C@H](c2cncn2C)C1. The van der Waals surface area contributed by atoms with E-state index in [1.165, 1.54) is 12.8 Å². The number of carbonyl (C=O) groups is 1. The normalized spacial score (nSPS) is 24.4. The summed E-state index contributed by atoms with van der Waals surface area (Å²) in [6.45, 7) is 4.60. The zero-order chi connectivity index (χ0) is 18.1. The van der Waals surface area contributed by atoms with Gasteiger partial charge in [0, 0.05) is 44.0 Å². The fourth-order valence-corrected chi connectivity index (χ4v) is 4.07. The molecule has 0 radical (unpaired) electrons. The smallest absolute Gasteiger partial charge is 0.273 e. The summed E-state index contributed by atoms with van der Waals surface area (Å²) in [4.78, 5) is 21.4. The van der Waals surface area contributed by atoms with Gasteiger partial charge >= 0.3 is 0 Å². The molecule has 0 aliphatic carbocycles. The lowest BCUT2D eigenvalue weighted by Crippen LogP contribution is -2.40. The summed E-state index contributed by atoms with van der Waals surface area (Å²) in [6.07, 6.45) is 6.14. The van der Waals surface area contributed by atoms with Gasteiger partial charge in [-0.3, -0.25) is 9.69 Å². The number of carbonyl (C=O) groups excluding carboxylic acids is 1. The van der Waals surface area contributed by atoms with Crippen LogP contribution in [-0.4, -0.2) is 69.7 Å². The Balaban J connectivity index is 1.42. The molecule has 2 aromatic rings. The number of rotatable bonds is 5. The third kappa shape index (κ3) is 3.52. The quantitative estimate of drug-likeness (QED) is 0.853. The van der Waals surface area contributed by atoms with E-state index in [1.807, 2.05) is 17.8 Å². The Labute approximate surface area is 153 Å². The molecule has 0 bridgehead atoms. The van der Waals surface area contributed by atoms with Gasteiger partial charge in [0.2, 0.25) is 0 Å². The first kappa shape index (κ1) is 17.2. The topological polar surface area (TPSA) is 79.4 Å². The molecule has 2 aromatic heterocycles. The van der Waals surface area contributed by atoms with Crippen molar-refractivity contribution in [1.29, 1.82) is 0 Å². The summed E-state index contributed by atoms with van der Waals surface area (Å²) < 4.78 is 7.40. The van der Waals surface area contributed by atoms with E-state index in [2.05, 4.69) is 32.3 Å². The molecule has 0 unspecified atom stereocenters. The van der Waals surface area contributed by atoms with E-state index >= 15 is 0 Å². The fraction of sp³-hybridized carbons (Fsp3) is 0.611. The number of likely N-dealkylation sites (N-methyl/N-ethyl adjacent to an activating group) is 1. The largest absolute Gasteiger partial charge is 0.359 e. The molecule has 4 rings (SSSR count). The molecule has 2 aliphatic heterocycles. The predicted molar refractivity (Wildman–Crippen MR) is 95.7 cm³/mol. The van der Waals surface area contributed by atoms with Crippen LogP contribution >= 0.6 is 0 Å². The molecular weight excluding hydrogens is 332 g/mol. The van der Waals surface area contributed by atoms with Crippen molar-refractivity contribution in [1.82, 2.24) is 29.8 Å². The van der Waals surface area contributed by atoms with Crippen molar-refractivity contribution in [2.24, 2.45) is 7.05 Å². The molecule has 0 aromatic carbocycles. The van der Waals surface area contributed by atoms with Crippen molar-refractivity contribution in [2.45, 2.75) is 31.3 Å². The number of nitrogens with zero attached hydrogens (tertiary/aromatic N) is 5. The van der Waals surface area contributed by atoms with E-state index in [0.717, 1.165) is 44.2 Å². The van der Waals surface area contributed by atoms with E-state index in [4.69, 9.17) is 4.52 Å². The first-order chi connectivity index (χ1) is 12.6. The molecule has 1 amide bonds. The average molecular weight is 358 g/mol. The Bertz CT molecular complexity index is 763. The van der Waals surface area contributed by atoms with E-state index < -0.39 is 0 Å². The molecule has 2 atom stereocenters. The van der Waals surface area contributed by atoms with Gasteiger partial charge in [-0.15, -0.1) is 0 Å². The second-order valence-electron chi connectivity index (χ2n) is 7.50. The number of amides is 1. The Morgan fingerprint density at radius 2 is 2.12 bits per heavy atom. The molecule has 26 heavy (non-hydrogen) atoms. The lowest BCUT2D eigenvalue weighted by molar-refractivity contribution is 0.0926. The van der Waals surface area contributed by atoms with Crippen molar-refractivity contribution in [3.05, 3.63) is 35.7 Å². The second-order valence-corrected chi connectivity index (χ2v) is 7.50. The Hall–Kier alpha value is -2.19. The van der Waals surface area contributed by atoms with Crippen molar-refractivity contribution in [3.63, 3.8) is 0 Å². The number of aryl methyl sites for hydroxylation is 1. The van der Waals surface area contributed by atoms with Crippen molar-refractivity contribution in [2.75, 3.05) is 33.2 Å². The summed E-state index contributed by atoms with van der Waals surface area (Å²) in [5.41, 5.74) is 1.49. The van der Waals surface area contributed by atoms with Crippen molar-refractivity contribution >= 4 is 5.91 Å².